The fraction of sp³-hybridized carbons (Fsp3) is 0.333. The summed E-state index contributed by atoms with van der Waals surface area (Å²) >= 11 is 1.38. The zero-order chi connectivity index (χ0) is 13.3. The first-order valence-corrected chi connectivity index (χ1v) is 6.51. The highest BCUT2D eigenvalue weighted by molar-refractivity contribution is 7.14. The molecule has 0 atom stereocenters. The van der Waals surface area contributed by atoms with Gasteiger partial charge >= 0.3 is 0 Å². The summed E-state index contributed by atoms with van der Waals surface area (Å²) in [6.07, 6.45) is 0. The molecule has 0 bridgehead atoms. The molecule has 18 heavy (non-hydrogen) atoms. The van der Waals surface area contributed by atoms with Gasteiger partial charge in [-0.05, 0) is 18.9 Å². The van der Waals surface area contributed by atoms with Gasteiger partial charge in [0.05, 0.1) is 4.88 Å². The smallest absolute Gasteiger partial charge is 0.267 e. The molecule has 2 aromatic heterocycles. The van der Waals surface area contributed by atoms with E-state index in [1.807, 2.05) is 13.0 Å². The second kappa shape index (κ2) is 4.81. The van der Waals surface area contributed by atoms with Gasteiger partial charge in [0, 0.05) is 22.3 Å². The maximum absolute atomic E-state index is 11.9. The molecule has 5 nitrogen and oxygen atoms in total. The van der Waals surface area contributed by atoms with Crippen molar-refractivity contribution in [3.8, 4) is 0 Å². The number of amides is 1. The van der Waals surface area contributed by atoms with Crippen molar-refractivity contribution in [2.45, 2.75) is 26.7 Å². The summed E-state index contributed by atoms with van der Waals surface area (Å²) in [5.74, 6) is 0.706. The summed E-state index contributed by atoms with van der Waals surface area (Å²) in [6.45, 7) is 6.01. The Kier molecular flexibility index (Phi) is 3.38. The number of thiophene rings is 1. The maximum Gasteiger partial charge on any atom is 0.267 e. The zero-order valence-electron chi connectivity index (χ0n) is 10.6. The van der Waals surface area contributed by atoms with E-state index in [-0.39, 0.29) is 5.91 Å². The average Bonchev–Trinajstić information content (AvgIpc) is 2.87. The minimum Gasteiger partial charge on any atom is -0.398 e. The lowest BCUT2D eigenvalue weighted by Gasteiger charge is -1.98. The Bertz CT molecular complexity index is 551. The molecule has 0 unspecified atom stereocenters. The molecular weight excluding hydrogens is 248 g/mol. The molecule has 2 rings (SSSR count). The fourth-order valence-corrected chi connectivity index (χ4v) is 2.32. The Labute approximate surface area is 109 Å². The second-order valence-corrected chi connectivity index (χ2v) is 5.70. The number of nitrogens with zero attached hydrogens (tertiary/aromatic N) is 1. The number of H-pyrrole nitrogens is 1. The Morgan fingerprint density at radius 1 is 1.50 bits per heavy atom. The third-order valence-electron chi connectivity index (χ3n) is 2.64. The summed E-state index contributed by atoms with van der Waals surface area (Å²) in [7, 11) is 0. The van der Waals surface area contributed by atoms with E-state index in [0.717, 1.165) is 10.6 Å². The highest BCUT2D eigenvalue weighted by Gasteiger charge is 2.13. The van der Waals surface area contributed by atoms with E-state index in [2.05, 4.69) is 29.4 Å². The number of carbonyl (C=O) groups is 1. The maximum atomic E-state index is 11.9. The van der Waals surface area contributed by atoms with Crippen LogP contribution in [0.1, 0.15) is 40.0 Å². The van der Waals surface area contributed by atoms with Crippen LogP contribution in [0.15, 0.2) is 12.1 Å². The van der Waals surface area contributed by atoms with E-state index in [1.54, 1.807) is 6.07 Å². The number of aromatic nitrogens is 2. The lowest BCUT2D eigenvalue weighted by molar-refractivity contribution is 0.103. The molecule has 0 aliphatic carbocycles. The summed E-state index contributed by atoms with van der Waals surface area (Å²) in [5.41, 5.74) is 7.37. The van der Waals surface area contributed by atoms with Crippen molar-refractivity contribution < 1.29 is 4.79 Å². The van der Waals surface area contributed by atoms with Gasteiger partial charge in [0.15, 0.2) is 5.82 Å². The molecule has 2 aromatic rings. The highest BCUT2D eigenvalue weighted by atomic mass is 32.1. The largest absolute Gasteiger partial charge is 0.398 e. The summed E-state index contributed by atoms with van der Waals surface area (Å²) < 4.78 is 0. The topological polar surface area (TPSA) is 83.8 Å². The third kappa shape index (κ3) is 2.53. The van der Waals surface area contributed by atoms with Crippen molar-refractivity contribution in [3.05, 3.63) is 27.6 Å². The first kappa shape index (κ1) is 12.6. The predicted octanol–water partition coefficient (Wildman–Crippen LogP) is 2.74. The lowest BCUT2D eigenvalue weighted by Crippen LogP contribution is -2.10. The number of anilines is 2. The molecule has 0 aliphatic rings. The van der Waals surface area contributed by atoms with Gasteiger partial charge in [-0.3, -0.25) is 9.89 Å². The van der Waals surface area contributed by atoms with Crippen LogP contribution in [0.2, 0.25) is 0 Å². The van der Waals surface area contributed by atoms with E-state index in [9.17, 15) is 4.79 Å². The van der Waals surface area contributed by atoms with Crippen molar-refractivity contribution >= 4 is 28.7 Å². The van der Waals surface area contributed by atoms with Crippen molar-refractivity contribution in [2.75, 3.05) is 11.1 Å². The van der Waals surface area contributed by atoms with Crippen LogP contribution < -0.4 is 11.1 Å². The Balaban J connectivity index is 2.11. The van der Waals surface area contributed by atoms with Gasteiger partial charge < -0.3 is 11.1 Å². The van der Waals surface area contributed by atoms with Crippen LogP contribution in [0.25, 0.3) is 0 Å². The minimum absolute atomic E-state index is 0.179. The van der Waals surface area contributed by atoms with Crippen molar-refractivity contribution in [1.82, 2.24) is 10.2 Å². The van der Waals surface area contributed by atoms with Gasteiger partial charge in [0.2, 0.25) is 0 Å². The van der Waals surface area contributed by atoms with Gasteiger partial charge in [-0.2, -0.15) is 5.10 Å². The molecule has 0 radical (unpaired) electrons. The number of aryl methyl sites for hydroxylation is 1. The van der Waals surface area contributed by atoms with E-state index < -0.39 is 0 Å². The number of carbonyl (C=O) groups excluding carboxylic acids is 1. The number of hydrogen-bond acceptors (Lipinski definition) is 4. The summed E-state index contributed by atoms with van der Waals surface area (Å²) in [6, 6.07) is 3.53. The molecule has 6 heteroatoms. The first-order chi connectivity index (χ1) is 8.47. The monoisotopic (exact) mass is 264 g/mol. The zero-order valence-corrected chi connectivity index (χ0v) is 11.4. The molecular formula is C12H16N4OS. The lowest BCUT2D eigenvalue weighted by atomic mass is 10.1. The Morgan fingerprint density at radius 3 is 2.72 bits per heavy atom. The van der Waals surface area contributed by atoms with E-state index in [1.165, 1.54) is 11.3 Å². The van der Waals surface area contributed by atoms with Gasteiger partial charge in [-0.1, -0.05) is 13.8 Å². The van der Waals surface area contributed by atoms with Crippen LogP contribution in [0, 0.1) is 6.92 Å². The van der Waals surface area contributed by atoms with Crippen LogP contribution in [-0.4, -0.2) is 16.1 Å². The molecule has 1 amide bonds. The normalized spacial score (nSPS) is 10.9. The molecule has 2 heterocycles. The third-order valence-corrected chi connectivity index (χ3v) is 3.71. The second-order valence-electron chi connectivity index (χ2n) is 4.44. The van der Waals surface area contributed by atoms with Crippen LogP contribution in [0.4, 0.5) is 11.5 Å². The van der Waals surface area contributed by atoms with Gasteiger partial charge in [-0.25, -0.2) is 0 Å². The number of nitrogens with two attached hydrogens (primary N) is 1. The summed E-state index contributed by atoms with van der Waals surface area (Å²) in [4.78, 5) is 13.5. The molecule has 96 valence electrons. The standard InChI is InChI=1S/C12H16N4OS/c1-6(2)9-5-11(16-15-9)14-12(17)10-4-8(13)7(3)18-10/h4-6H,13H2,1-3H3,(H2,14,15,16,17). The van der Waals surface area contributed by atoms with Crippen molar-refractivity contribution in [3.63, 3.8) is 0 Å². The van der Waals surface area contributed by atoms with Crippen molar-refractivity contribution in [2.24, 2.45) is 0 Å². The molecule has 0 fully saturated rings. The Morgan fingerprint density at radius 2 is 2.22 bits per heavy atom. The number of hydrogen-bond donors (Lipinski definition) is 3. The first-order valence-electron chi connectivity index (χ1n) is 5.70. The molecule has 0 spiro atoms. The van der Waals surface area contributed by atoms with Crippen LogP contribution in [0.3, 0.4) is 0 Å². The van der Waals surface area contributed by atoms with Crippen LogP contribution in [0.5, 0.6) is 0 Å². The Hall–Kier alpha value is -1.82. The van der Waals surface area contributed by atoms with E-state index in [4.69, 9.17) is 5.73 Å². The average molecular weight is 264 g/mol. The van der Waals surface area contributed by atoms with Gasteiger partial charge in [0.25, 0.3) is 5.91 Å². The molecule has 0 aromatic carbocycles. The SMILES string of the molecule is Cc1sc(C(=O)Nc2cc(C(C)C)[nH]n2)cc1N. The number of nitrogen functional groups attached to an aromatic ring is 1. The van der Waals surface area contributed by atoms with E-state index >= 15 is 0 Å². The molecule has 0 aliphatic heterocycles. The van der Waals surface area contributed by atoms with Crippen LogP contribution >= 0.6 is 11.3 Å². The number of aromatic amines is 1. The molecule has 0 saturated carbocycles. The number of rotatable bonds is 3. The predicted molar refractivity (Wildman–Crippen MR) is 74.1 cm³/mol. The summed E-state index contributed by atoms with van der Waals surface area (Å²) in [5, 5.41) is 9.69. The molecule has 0 saturated heterocycles. The molecule has 4 N–H and O–H groups in total. The van der Waals surface area contributed by atoms with Crippen molar-refractivity contribution in [1.29, 1.82) is 0 Å². The minimum atomic E-state index is -0.179. The van der Waals surface area contributed by atoms with Crippen LogP contribution in [-0.2, 0) is 0 Å². The fourth-order valence-electron chi connectivity index (χ4n) is 1.48. The number of nitrogens with one attached hydrogen (secondary N) is 2. The quantitative estimate of drug-likeness (QED) is 0.797. The van der Waals surface area contributed by atoms with Gasteiger partial charge in [-0.15, -0.1) is 11.3 Å². The highest BCUT2D eigenvalue weighted by Crippen LogP contribution is 2.24. The van der Waals surface area contributed by atoms with E-state index in [0.29, 0.717) is 22.3 Å². The van der Waals surface area contributed by atoms with Gasteiger partial charge in [0.1, 0.15) is 0 Å².